The van der Waals surface area contributed by atoms with Crippen molar-refractivity contribution in [2.24, 2.45) is 0 Å². The van der Waals surface area contributed by atoms with E-state index in [1.54, 1.807) is 0 Å². The van der Waals surface area contributed by atoms with E-state index in [-0.39, 0.29) is 0 Å². The van der Waals surface area contributed by atoms with Crippen LogP contribution < -0.4 is 5.32 Å². The van der Waals surface area contributed by atoms with Crippen molar-refractivity contribution in [2.75, 3.05) is 6.54 Å². The number of rotatable bonds is 2. The highest BCUT2D eigenvalue weighted by molar-refractivity contribution is 9.10. The molecule has 3 rings (SSSR count). The zero-order chi connectivity index (χ0) is 11.8. The summed E-state index contributed by atoms with van der Waals surface area (Å²) in [4.78, 5) is 4.55. The molecule has 3 nitrogen and oxygen atoms in total. The molecule has 2 aromatic rings. The van der Waals surface area contributed by atoms with Crippen molar-refractivity contribution in [3.05, 3.63) is 28.5 Å². The monoisotopic (exact) mass is 293 g/mol. The van der Waals surface area contributed by atoms with Crippen LogP contribution in [0.25, 0.3) is 11.0 Å². The Morgan fingerprint density at radius 3 is 3.18 bits per heavy atom. The molecule has 0 saturated carbocycles. The van der Waals surface area contributed by atoms with Gasteiger partial charge >= 0.3 is 0 Å². The van der Waals surface area contributed by atoms with Gasteiger partial charge in [0.1, 0.15) is 0 Å². The number of benzene rings is 1. The summed E-state index contributed by atoms with van der Waals surface area (Å²) < 4.78 is 3.21. The molecule has 0 bridgehead atoms. The summed E-state index contributed by atoms with van der Waals surface area (Å²) in [5, 5.41) is 3.53. The van der Waals surface area contributed by atoms with Crippen molar-refractivity contribution >= 4 is 27.0 Å². The molecule has 4 heteroatoms. The van der Waals surface area contributed by atoms with Crippen LogP contribution in [0.3, 0.4) is 0 Å². The van der Waals surface area contributed by atoms with Gasteiger partial charge in [0.2, 0.25) is 0 Å². The maximum absolute atomic E-state index is 4.55. The smallest absolute Gasteiger partial charge is 0.178 e. The topological polar surface area (TPSA) is 29.9 Å². The predicted octanol–water partition coefficient (Wildman–Crippen LogP) is 2.86. The Morgan fingerprint density at radius 1 is 1.53 bits per heavy atom. The fourth-order valence-corrected chi connectivity index (χ4v) is 3.04. The van der Waals surface area contributed by atoms with E-state index in [1.807, 2.05) is 0 Å². The van der Waals surface area contributed by atoms with Crippen LogP contribution in [-0.2, 0) is 6.54 Å². The first-order valence-corrected chi connectivity index (χ1v) is 6.89. The van der Waals surface area contributed by atoms with Gasteiger partial charge in [0.15, 0.2) is 4.73 Å². The predicted molar refractivity (Wildman–Crippen MR) is 73.2 cm³/mol. The van der Waals surface area contributed by atoms with Crippen molar-refractivity contribution in [1.29, 1.82) is 0 Å². The van der Waals surface area contributed by atoms with E-state index in [2.05, 4.69) is 55.9 Å². The van der Waals surface area contributed by atoms with Gasteiger partial charge in [-0.3, -0.25) is 0 Å². The molecule has 17 heavy (non-hydrogen) atoms. The summed E-state index contributed by atoms with van der Waals surface area (Å²) in [5.74, 6) is 0. The van der Waals surface area contributed by atoms with E-state index in [1.165, 1.54) is 23.9 Å². The average Bonchev–Trinajstić information content (AvgIpc) is 2.90. The third-order valence-electron chi connectivity index (χ3n) is 3.42. The minimum Gasteiger partial charge on any atom is -0.317 e. The van der Waals surface area contributed by atoms with Crippen LogP contribution in [0.5, 0.6) is 0 Å². The van der Waals surface area contributed by atoms with Gasteiger partial charge in [0.05, 0.1) is 11.0 Å². The standard InChI is InChI=1S/C13H16BrN3/c1-9-4-5-11-12(7-9)17(13(14)16-11)8-10-3-2-6-15-10/h4-5,7,10,15H,2-3,6,8H2,1H3. The van der Waals surface area contributed by atoms with Crippen LogP contribution in [0.1, 0.15) is 18.4 Å². The summed E-state index contributed by atoms with van der Waals surface area (Å²) in [6, 6.07) is 7.00. The highest BCUT2D eigenvalue weighted by atomic mass is 79.9. The molecule has 2 heterocycles. The molecule has 1 aliphatic heterocycles. The highest BCUT2D eigenvalue weighted by Crippen LogP contribution is 2.23. The van der Waals surface area contributed by atoms with Gasteiger partial charge < -0.3 is 9.88 Å². The van der Waals surface area contributed by atoms with Gasteiger partial charge in [0, 0.05) is 12.6 Å². The lowest BCUT2D eigenvalue weighted by Gasteiger charge is -2.12. The molecule has 0 spiro atoms. The number of imidazole rings is 1. The van der Waals surface area contributed by atoms with Crippen molar-refractivity contribution in [3.63, 3.8) is 0 Å². The number of hydrogen-bond acceptors (Lipinski definition) is 2. The van der Waals surface area contributed by atoms with Crippen molar-refractivity contribution in [2.45, 2.75) is 32.4 Å². The second-order valence-corrected chi connectivity index (χ2v) is 5.49. The van der Waals surface area contributed by atoms with E-state index in [0.29, 0.717) is 6.04 Å². The molecule has 1 fully saturated rings. The molecule has 0 radical (unpaired) electrons. The number of nitrogens with one attached hydrogen (secondary N) is 1. The minimum absolute atomic E-state index is 0.587. The first-order valence-electron chi connectivity index (χ1n) is 6.10. The Balaban J connectivity index is 2.01. The molecule has 0 amide bonds. The first-order chi connectivity index (χ1) is 8.24. The molecule has 1 aromatic heterocycles. The Kier molecular flexibility index (Phi) is 2.92. The molecule has 1 unspecified atom stereocenters. The van der Waals surface area contributed by atoms with Gasteiger partial charge in [-0.15, -0.1) is 0 Å². The zero-order valence-electron chi connectivity index (χ0n) is 9.91. The van der Waals surface area contributed by atoms with E-state index >= 15 is 0 Å². The third kappa shape index (κ3) is 2.11. The number of aryl methyl sites for hydroxylation is 1. The van der Waals surface area contributed by atoms with E-state index < -0.39 is 0 Å². The number of halogens is 1. The SMILES string of the molecule is Cc1ccc2nc(Br)n(CC3CCCN3)c2c1. The maximum Gasteiger partial charge on any atom is 0.178 e. The second kappa shape index (κ2) is 4.42. The van der Waals surface area contributed by atoms with Gasteiger partial charge in [-0.1, -0.05) is 6.07 Å². The van der Waals surface area contributed by atoms with Crippen LogP contribution in [0.2, 0.25) is 0 Å². The largest absolute Gasteiger partial charge is 0.317 e. The van der Waals surface area contributed by atoms with E-state index in [0.717, 1.165) is 23.3 Å². The zero-order valence-corrected chi connectivity index (χ0v) is 11.5. The number of nitrogens with zero attached hydrogens (tertiary/aromatic N) is 2. The number of hydrogen-bond donors (Lipinski definition) is 1. The van der Waals surface area contributed by atoms with Gasteiger partial charge in [-0.25, -0.2) is 4.98 Å². The summed E-state index contributed by atoms with van der Waals surface area (Å²) in [5.41, 5.74) is 3.58. The first kappa shape index (κ1) is 11.2. The highest BCUT2D eigenvalue weighted by Gasteiger charge is 2.17. The summed E-state index contributed by atoms with van der Waals surface area (Å²) in [6.45, 7) is 4.27. The van der Waals surface area contributed by atoms with Gasteiger partial charge in [-0.05, 0) is 59.9 Å². The quantitative estimate of drug-likeness (QED) is 0.923. The lowest BCUT2D eigenvalue weighted by atomic mass is 10.2. The summed E-state index contributed by atoms with van der Waals surface area (Å²) in [6.07, 6.45) is 2.55. The van der Waals surface area contributed by atoms with Crippen LogP contribution in [0.15, 0.2) is 22.9 Å². The Bertz CT molecular complexity index is 541. The normalized spacial score (nSPS) is 20.2. The maximum atomic E-state index is 4.55. The molecular formula is C13H16BrN3. The molecular weight excluding hydrogens is 278 g/mol. The molecule has 90 valence electrons. The van der Waals surface area contributed by atoms with E-state index in [4.69, 9.17) is 0 Å². The third-order valence-corrected chi connectivity index (χ3v) is 4.03. The van der Waals surface area contributed by atoms with Gasteiger partial charge in [0.25, 0.3) is 0 Å². The van der Waals surface area contributed by atoms with Crippen molar-refractivity contribution in [1.82, 2.24) is 14.9 Å². The van der Waals surface area contributed by atoms with Crippen LogP contribution in [0, 0.1) is 6.92 Å². The van der Waals surface area contributed by atoms with Crippen molar-refractivity contribution in [3.8, 4) is 0 Å². The Hall–Kier alpha value is -0.870. The Labute approximate surface area is 109 Å². The summed E-state index contributed by atoms with van der Waals surface area (Å²) in [7, 11) is 0. The van der Waals surface area contributed by atoms with Crippen LogP contribution in [-0.4, -0.2) is 22.1 Å². The fraction of sp³-hybridized carbons (Fsp3) is 0.462. The Morgan fingerprint density at radius 2 is 2.41 bits per heavy atom. The number of aromatic nitrogens is 2. The van der Waals surface area contributed by atoms with E-state index in [9.17, 15) is 0 Å². The summed E-state index contributed by atoms with van der Waals surface area (Å²) >= 11 is 3.57. The molecule has 1 aromatic carbocycles. The molecule has 1 saturated heterocycles. The fourth-order valence-electron chi connectivity index (χ4n) is 2.51. The molecule has 1 atom stereocenters. The molecule has 1 aliphatic rings. The minimum atomic E-state index is 0.587. The number of fused-ring (bicyclic) bond motifs is 1. The second-order valence-electron chi connectivity index (χ2n) is 4.78. The lowest BCUT2D eigenvalue weighted by Crippen LogP contribution is -2.26. The van der Waals surface area contributed by atoms with Crippen molar-refractivity contribution < 1.29 is 0 Å². The van der Waals surface area contributed by atoms with Crippen LogP contribution in [0.4, 0.5) is 0 Å². The van der Waals surface area contributed by atoms with Gasteiger partial charge in [-0.2, -0.15) is 0 Å². The average molecular weight is 294 g/mol. The molecule has 1 N–H and O–H groups in total. The van der Waals surface area contributed by atoms with Crippen LogP contribution >= 0.6 is 15.9 Å². The molecule has 0 aliphatic carbocycles. The lowest BCUT2D eigenvalue weighted by molar-refractivity contribution is 0.511.